The minimum absolute atomic E-state index is 0. The van der Waals surface area contributed by atoms with Gasteiger partial charge in [-0.05, 0) is 74.6 Å². The number of hydrogen-bond donors (Lipinski definition) is 3. The molecule has 1 saturated carbocycles. The van der Waals surface area contributed by atoms with Gasteiger partial charge in [-0.2, -0.15) is 5.75 Å². The smallest absolute Gasteiger partial charge is 0.326 e. The number of unbranched alkanes of at least 4 members (excludes halogenated alkanes) is 1. The Bertz CT molecular complexity index is 1410. The molecule has 12 heteroatoms. The van der Waals surface area contributed by atoms with Crippen LogP contribution in [0.2, 0.25) is 0 Å². The van der Waals surface area contributed by atoms with Gasteiger partial charge in [0.1, 0.15) is 12.1 Å². The Morgan fingerprint density at radius 2 is 1.46 bits per heavy atom. The SMILES string of the molecule is CCCCN(C(=O)CC(C)C(C(C)CC)N(C)C(=O)[C@@H](NC(=C1CC1)C(C(C)C)N(C)CC[S-])C(C)C)C(C)C(C)C(=O)NC(Cc1ccccc1)C(=O)O.[Ir]. The van der Waals surface area contributed by atoms with Crippen molar-refractivity contribution in [1.29, 1.82) is 0 Å². The van der Waals surface area contributed by atoms with Crippen LogP contribution < -0.4 is 10.6 Å². The fourth-order valence-corrected chi connectivity index (χ4v) is 8.21. The normalized spacial score (nSPS) is 16.8. The molecule has 1 radical (unpaired) electrons. The third-order valence-corrected chi connectivity index (χ3v) is 11.9. The maximum absolute atomic E-state index is 14.6. The number of likely N-dealkylation sites (N-methyl/N-ethyl adjacent to an activating group) is 2. The van der Waals surface area contributed by atoms with E-state index >= 15 is 0 Å². The number of nitrogens with zero attached hydrogens (tertiary/aromatic N) is 3. The van der Waals surface area contributed by atoms with E-state index in [1.54, 1.807) is 11.8 Å². The number of allylic oxidation sites excluding steroid dienone is 1. The number of carboxylic acid groups (broad SMARTS) is 1. The molecule has 0 aliphatic heterocycles. The number of carbonyl (C=O) groups is 4. The van der Waals surface area contributed by atoms with Crippen LogP contribution in [0.3, 0.4) is 0 Å². The molecule has 0 heterocycles. The molecule has 1 aliphatic carbocycles. The molecule has 1 aromatic rings. The minimum atomic E-state index is -1.10. The molecule has 0 saturated heterocycles. The maximum Gasteiger partial charge on any atom is 0.326 e. The first kappa shape index (κ1) is 51.6. The van der Waals surface area contributed by atoms with Crippen LogP contribution in [0.5, 0.6) is 0 Å². The molecular formula is C44H74IrN5O5S-. The summed E-state index contributed by atoms with van der Waals surface area (Å²) in [7, 11) is 4.01. The van der Waals surface area contributed by atoms with E-state index in [0.717, 1.165) is 49.9 Å². The van der Waals surface area contributed by atoms with Crippen molar-refractivity contribution in [2.45, 2.75) is 144 Å². The van der Waals surface area contributed by atoms with E-state index in [0.29, 0.717) is 18.2 Å². The van der Waals surface area contributed by atoms with Gasteiger partial charge in [0.05, 0.1) is 12.0 Å². The zero-order valence-electron chi connectivity index (χ0n) is 36.4. The summed E-state index contributed by atoms with van der Waals surface area (Å²) in [4.78, 5) is 60.6. The van der Waals surface area contributed by atoms with Crippen molar-refractivity contribution >= 4 is 36.3 Å². The summed E-state index contributed by atoms with van der Waals surface area (Å²) >= 11 is 5.34. The second-order valence-corrected chi connectivity index (χ2v) is 17.2. The van der Waals surface area contributed by atoms with Crippen LogP contribution in [0.25, 0.3) is 0 Å². The monoisotopic (exact) mass is 978 g/mol. The molecular weight excluding hydrogens is 903 g/mol. The molecule has 1 fully saturated rings. The fraction of sp³-hybridized carbons (Fsp3) is 0.727. The Morgan fingerprint density at radius 3 is 1.95 bits per heavy atom. The van der Waals surface area contributed by atoms with Gasteiger partial charge in [-0.1, -0.05) is 105 Å². The van der Waals surface area contributed by atoms with Gasteiger partial charge in [0.2, 0.25) is 17.7 Å². The van der Waals surface area contributed by atoms with Crippen molar-refractivity contribution in [3.8, 4) is 0 Å². The quantitative estimate of drug-likeness (QED) is 0.0950. The summed E-state index contributed by atoms with van der Waals surface area (Å²) in [5.74, 6) is -1.20. The van der Waals surface area contributed by atoms with E-state index in [1.165, 1.54) is 5.57 Å². The van der Waals surface area contributed by atoms with Gasteiger partial charge in [-0.15, -0.1) is 0 Å². The Morgan fingerprint density at radius 1 is 0.857 bits per heavy atom. The van der Waals surface area contributed by atoms with E-state index in [1.807, 2.05) is 49.2 Å². The second kappa shape index (κ2) is 25.2. The van der Waals surface area contributed by atoms with Gasteiger partial charge >= 0.3 is 5.97 Å². The van der Waals surface area contributed by atoms with Gasteiger partial charge < -0.3 is 38.2 Å². The molecule has 56 heavy (non-hydrogen) atoms. The van der Waals surface area contributed by atoms with Crippen LogP contribution in [0.15, 0.2) is 41.6 Å². The first-order valence-electron chi connectivity index (χ1n) is 20.8. The molecule has 3 N–H and O–H groups in total. The summed E-state index contributed by atoms with van der Waals surface area (Å²) in [5, 5.41) is 16.4. The number of aliphatic carboxylic acids is 1. The van der Waals surface area contributed by atoms with E-state index in [9.17, 15) is 24.3 Å². The van der Waals surface area contributed by atoms with Crippen LogP contribution in [0, 0.1) is 29.6 Å². The number of carboxylic acids is 1. The molecule has 1 aromatic carbocycles. The zero-order valence-corrected chi connectivity index (χ0v) is 39.6. The molecule has 0 spiro atoms. The summed E-state index contributed by atoms with van der Waals surface area (Å²) in [6.45, 7) is 22.0. The van der Waals surface area contributed by atoms with Gasteiger partial charge in [-0.25, -0.2) is 4.79 Å². The third kappa shape index (κ3) is 15.1. The fourth-order valence-electron chi connectivity index (χ4n) is 7.93. The van der Waals surface area contributed by atoms with Crippen LogP contribution in [-0.2, 0) is 58.3 Å². The van der Waals surface area contributed by atoms with Gasteiger partial charge in [0, 0.05) is 64.3 Å². The van der Waals surface area contributed by atoms with Crippen molar-refractivity contribution in [2.75, 3.05) is 32.9 Å². The standard InChI is InChI=1S/C44H75N5O5S.Ir/c1-13-15-23-49(33(10)32(9)42(51)45-36(44(53)54)27-34-19-17-16-18-20-34)37(50)26-31(8)41(30(7)14-2)48(12)43(52)38(28(3)4)46-39(35-21-22-35)40(29(5)6)47(11)24-25-55;/h16-20,28-33,36,38,40-41,46,55H,13-15,21-27H2,1-12H3,(H,45,51)(H,53,54);/p-1/t30?,31?,32?,33?,36?,38-,40?,41?;/m0./s1. The topological polar surface area (TPSA) is 122 Å². The molecule has 8 atom stereocenters. The summed E-state index contributed by atoms with van der Waals surface area (Å²) in [6, 6.07) is 7.19. The minimum Gasteiger partial charge on any atom is -0.791 e. The summed E-state index contributed by atoms with van der Waals surface area (Å²) in [5.41, 5.74) is 3.36. The molecule has 2 rings (SSSR count). The van der Waals surface area contributed by atoms with Crippen LogP contribution in [0.4, 0.5) is 0 Å². The Labute approximate surface area is 358 Å². The first-order chi connectivity index (χ1) is 25.9. The van der Waals surface area contributed by atoms with Gasteiger partial charge in [0.15, 0.2) is 0 Å². The van der Waals surface area contributed by atoms with Crippen molar-refractivity contribution in [2.24, 2.45) is 29.6 Å². The van der Waals surface area contributed by atoms with E-state index in [4.69, 9.17) is 12.6 Å². The van der Waals surface area contributed by atoms with Crippen LogP contribution in [-0.4, -0.2) is 107 Å². The van der Waals surface area contributed by atoms with Crippen LogP contribution >= 0.6 is 0 Å². The Balaban J connectivity index is 0.0000157. The number of hydrogen-bond acceptors (Lipinski definition) is 7. The molecule has 10 nitrogen and oxygen atoms in total. The van der Waals surface area contributed by atoms with E-state index in [-0.39, 0.29) is 74.6 Å². The van der Waals surface area contributed by atoms with Crippen molar-refractivity contribution in [1.82, 2.24) is 25.3 Å². The average molecular weight is 977 g/mol. The Hall–Kier alpha value is -2.40. The molecule has 3 amide bonds. The van der Waals surface area contributed by atoms with E-state index < -0.39 is 35.9 Å². The zero-order chi connectivity index (χ0) is 41.6. The van der Waals surface area contributed by atoms with Gasteiger partial charge in [0.25, 0.3) is 0 Å². The predicted octanol–water partition coefficient (Wildman–Crippen LogP) is 6.51. The molecule has 0 aromatic heterocycles. The number of nitrogens with one attached hydrogen (secondary N) is 2. The first-order valence-corrected chi connectivity index (χ1v) is 21.4. The number of carbonyl (C=O) groups excluding carboxylic acids is 3. The largest absolute Gasteiger partial charge is 0.791 e. The second-order valence-electron chi connectivity index (χ2n) is 16.8. The van der Waals surface area contributed by atoms with Crippen molar-refractivity contribution in [3.05, 3.63) is 47.2 Å². The van der Waals surface area contributed by atoms with Crippen LogP contribution in [0.1, 0.15) is 113 Å². The summed E-state index contributed by atoms with van der Waals surface area (Å²) < 4.78 is 0. The van der Waals surface area contributed by atoms with Crippen molar-refractivity contribution < 1.29 is 44.4 Å². The Kier molecular flexibility index (Phi) is 23.2. The van der Waals surface area contributed by atoms with Crippen molar-refractivity contribution in [3.63, 3.8) is 0 Å². The van der Waals surface area contributed by atoms with Gasteiger partial charge in [-0.3, -0.25) is 19.3 Å². The molecule has 1 aliphatic rings. The third-order valence-electron chi connectivity index (χ3n) is 11.7. The number of rotatable bonds is 25. The predicted molar refractivity (Wildman–Crippen MR) is 226 cm³/mol. The summed E-state index contributed by atoms with van der Waals surface area (Å²) in [6.07, 6.45) is 4.96. The molecule has 0 bridgehead atoms. The maximum atomic E-state index is 14.6. The van der Waals surface area contributed by atoms with E-state index in [2.05, 4.69) is 78.0 Å². The molecule has 321 valence electrons. The number of benzene rings is 1. The number of amides is 3. The molecule has 7 unspecified atom stereocenters. The average Bonchev–Trinajstić information content (AvgIpc) is 3.98.